The highest BCUT2D eigenvalue weighted by molar-refractivity contribution is 5.95. The highest BCUT2D eigenvalue weighted by Gasteiger charge is 2.41. The molecule has 1 fully saturated rings. The Morgan fingerprint density at radius 1 is 0.774 bits per heavy atom. The Morgan fingerprint density at radius 3 is 1.83 bits per heavy atom. The van der Waals surface area contributed by atoms with Gasteiger partial charge in [0.25, 0.3) is 0 Å². The summed E-state index contributed by atoms with van der Waals surface area (Å²) in [4.78, 5) is 68.3. The minimum absolute atomic E-state index is 0.00325. The summed E-state index contributed by atoms with van der Waals surface area (Å²) in [5.41, 5.74) is 18.2. The molecule has 4 atom stereocenters. The summed E-state index contributed by atoms with van der Waals surface area (Å²) in [5.74, 6) is -3.38. The molecule has 9 N–H and O–H groups in total. The number of hydrogen-bond donors (Lipinski definition) is 6. The molecule has 3 rings (SSSR count). The number of alkyl halides is 3. The van der Waals surface area contributed by atoms with Crippen molar-refractivity contribution in [1.29, 1.82) is 0 Å². The van der Waals surface area contributed by atoms with E-state index in [4.69, 9.17) is 21.9 Å². The molecule has 292 valence electrons. The maximum Gasteiger partial charge on any atom is 0.389 e. The monoisotopic (exact) mass is 747 g/mol. The van der Waals surface area contributed by atoms with Crippen LogP contribution in [0.2, 0.25) is 0 Å². The van der Waals surface area contributed by atoms with Gasteiger partial charge in [-0.3, -0.25) is 24.0 Å². The van der Waals surface area contributed by atoms with E-state index in [2.05, 4.69) is 16.0 Å². The normalized spacial score (nSPS) is 16.4. The van der Waals surface area contributed by atoms with Gasteiger partial charge in [-0.25, -0.2) is 0 Å². The number of likely N-dealkylation sites (tertiary alicyclic amines) is 1. The lowest BCUT2D eigenvalue weighted by molar-refractivity contribution is -0.151. The number of halogens is 3. The third kappa shape index (κ3) is 14.1. The number of benzene rings is 2. The Balaban J connectivity index is 1.81. The Morgan fingerprint density at radius 2 is 1.28 bits per heavy atom. The highest BCUT2D eigenvalue weighted by atomic mass is 19.4. The average molecular weight is 748 g/mol. The minimum atomic E-state index is -4.51. The van der Waals surface area contributed by atoms with Crippen LogP contribution in [0.4, 0.5) is 13.2 Å². The van der Waals surface area contributed by atoms with Crippen molar-refractivity contribution in [3.05, 3.63) is 71.8 Å². The number of ether oxygens (including phenoxy) is 1. The van der Waals surface area contributed by atoms with Crippen LogP contribution in [0.25, 0.3) is 0 Å². The van der Waals surface area contributed by atoms with Crippen LogP contribution in [0.15, 0.2) is 60.7 Å². The zero-order valence-electron chi connectivity index (χ0n) is 30.0. The summed E-state index contributed by atoms with van der Waals surface area (Å²) in [5, 5.41) is 7.87. The van der Waals surface area contributed by atoms with Crippen LogP contribution in [0.3, 0.4) is 0 Å². The molecular formula is C37H52F3N7O6. The molecule has 0 saturated carbocycles. The summed E-state index contributed by atoms with van der Waals surface area (Å²) in [6.45, 7) is 0.534. The third-order valence-corrected chi connectivity index (χ3v) is 9.26. The van der Waals surface area contributed by atoms with Gasteiger partial charge < -0.3 is 42.8 Å². The molecule has 2 aromatic rings. The lowest BCUT2D eigenvalue weighted by atomic mass is 9.88. The van der Waals surface area contributed by atoms with Crippen LogP contribution in [-0.2, 0) is 41.6 Å². The molecule has 0 radical (unpaired) electrons. The number of nitrogens with one attached hydrogen (secondary N) is 3. The van der Waals surface area contributed by atoms with Crippen molar-refractivity contribution < 1.29 is 41.9 Å². The lowest BCUT2D eigenvalue weighted by Crippen LogP contribution is -2.61. The smallest absolute Gasteiger partial charge is 0.389 e. The van der Waals surface area contributed by atoms with E-state index in [1.807, 2.05) is 6.07 Å². The van der Waals surface area contributed by atoms with Crippen LogP contribution in [-0.4, -0.2) is 97.1 Å². The van der Waals surface area contributed by atoms with Crippen molar-refractivity contribution in [3.63, 3.8) is 0 Å². The summed E-state index contributed by atoms with van der Waals surface area (Å²) in [7, 11) is 1.22. The number of carbonyl (C=O) groups excluding carboxylic acids is 5. The fourth-order valence-electron chi connectivity index (χ4n) is 6.12. The van der Waals surface area contributed by atoms with Gasteiger partial charge in [-0.15, -0.1) is 0 Å². The van der Waals surface area contributed by atoms with Gasteiger partial charge in [-0.05, 0) is 69.0 Å². The van der Waals surface area contributed by atoms with Gasteiger partial charge in [0.2, 0.25) is 23.6 Å². The molecule has 1 heterocycles. The number of methoxy groups -OCH3 is 1. The van der Waals surface area contributed by atoms with E-state index in [0.29, 0.717) is 24.9 Å². The molecular weight excluding hydrogens is 695 g/mol. The molecule has 1 aliphatic rings. The van der Waals surface area contributed by atoms with Crippen molar-refractivity contribution >= 4 is 29.6 Å². The largest absolute Gasteiger partial charge is 0.468 e. The maximum atomic E-state index is 13.8. The number of unbranched alkanes of at least 4 members (excludes halogenated alkanes) is 1. The SMILES string of the molecule is COC(=O)C1(N)CCN(C(=O)[C@@H](CCCCN)NC(=O)C(CCCC(F)(F)F)NC(=O)[C@@H](Cc2ccccc2)NC(=O)[C@H](N)Cc2ccccc2)CC1. The predicted octanol–water partition coefficient (Wildman–Crippen LogP) is 1.61. The first kappa shape index (κ1) is 42.9. The molecule has 0 bridgehead atoms. The van der Waals surface area contributed by atoms with E-state index in [1.54, 1.807) is 54.6 Å². The number of carbonyl (C=O) groups is 5. The second-order valence-electron chi connectivity index (χ2n) is 13.4. The molecule has 2 aromatic carbocycles. The van der Waals surface area contributed by atoms with Gasteiger partial charge in [-0.2, -0.15) is 13.2 Å². The minimum Gasteiger partial charge on any atom is -0.468 e. The summed E-state index contributed by atoms with van der Waals surface area (Å²) < 4.78 is 44.4. The van der Waals surface area contributed by atoms with Crippen LogP contribution in [0.1, 0.15) is 62.5 Å². The summed E-state index contributed by atoms with van der Waals surface area (Å²) >= 11 is 0. The van der Waals surface area contributed by atoms with Crippen molar-refractivity contribution in [3.8, 4) is 0 Å². The predicted molar refractivity (Wildman–Crippen MR) is 192 cm³/mol. The molecule has 16 heteroatoms. The quantitative estimate of drug-likeness (QED) is 0.0909. The van der Waals surface area contributed by atoms with Crippen molar-refractivity contribution in [2.45, 2.75) is 100 Å². The van der Waals surface area contributed by atoms with Crippen molar-refractivity contribution in [1.82, 2.24) is 20.9 Å². The highest BCUT2D eigenvalue weighted by Crippen LogP contribution is 2.24. The molecule has 1 unspecified atom stereocenters. The van der Waals surface area contributed by atoms with Crippen molar-refractivity contribution in [2.75, 3.05) is 26.7 Å². The molecule has 0 spiro atoms. The zero-order valence-corrected chi connectivity index (χ0v) is 30.0. The molecule has 1 aliphatic heterocycles. The van der Waals surface area contributed by atoms with E-state index < -0.39 is 84.7 Å². The molecule has 0 aliphatic carbocycles. The van der Waals surface area contributed by atoms with Gasteiger partial charge >= 0.3 is 12.1 Å². The number of rotatable bonds is 19. The van der Waals surface area contributed by atoms with Gasteiger partial charge in [0.15, 0.2) is 0 Å². The number of nitrogens with zero attached hydrogens (tertiary/aromatic N) is 1. The second-order valence-corrected chi connectivity index (χ2v) is 13.4. The van der Waals surface area contributed by atoms with Crippen LogP contribution in [0.5, 0.6) is 0 Å². The topological polar surface area (TPSA) is 212 Å². The number of piperidine rings is 1. The van der Waals surface area contributed by atoms with Crippen LogP contribution in [0, 0.1) is 0 Å². The Bertz CT molecular complexity index is 1490. The summed E-state index contributed by atoms with van der Waals surface area (Å²) in [6.07, 6.45) is -5.06. The third-order valence-electron chi connectivity index (χ3n) is 9.26. The summed E-state index contributed by atoms with van der Waals surface area (Å²) in [6, 6.07) is 12.9. The first-order valence-corrected chi connectivity index (χ1v) is 17.8. The molecule has 0 aromatic heterocycles. The zero-order chi connectivity index (χ0) is 39.0. The average Bonchev–Trinajstić information content (AvgIpc) is 3.13. The van der Waals surface area contributed by atoms with Gasteiger partial charge in [0.1, 0.15) is 23.7 Å². The number of amides is 4. The van der Waals surface area contributed by atoms with Crippen LogP contribution >= 0.6 is 0 Å². The molecule has 13 nitrogen and oxygen atoms in total. The fraction of sp³-hybridized carbons (Fsp3) is 0.541. The van der Waals surface area contributed by atoms with E-state index in [1.165, 1.54) is 12.0 Å². The number of hydrogen-bond acceptors (Lipinski definition) is 9. The maximum absolute atomic E-state index is 13.8. The molecule has 1 saturated heterocycles. The number of nitrogens with two attached hydrogens (primary N) is 3. The Hall–Kier alpha value is -4.54. The Labute approximate surface area is 307 Å². The molecule has 4 amide bonds. The van der Waals surface area contributed by atoms with E-state index in [-0.39, 0.29) is 45.2 Å². The van der Waals surface area contributed by atoms with E-state index in [0.717, 1.165) is 5.56 Å². The van der Waals surface area contributed by atoms with E-state index in [9.17, 15) is 37.1 Å². The second kappa shape index (κ2) is 20.6. The van der Waals surface area contributed by atoms with Gasteiger partial charge in [0, 0.05) is 25.9 Å². The lowest BCUT2D eigenvalue weighted by Gasteiger charge is -2.38. The number of esters is 1. The van der Waals surface area contributed by atoms with Crippen LogP contribution < -0.4 is 33.2 Å². The van der Waals surface area contributed by atoms with Gasteiger partial charge in [0.05, 0.1) is 13.2 Å². The van der Waals surface area contributed by atoms with Gasteiger partial charge in [-0.1, -0.05) is 60.7 Å². The molecule has 53 heavy (non-hydrogen) atoms. The first-order chi connectivity index (χ1) is 25.2. The standard InChI is InChI=1S/C37H52F3N7O6/c1-53-35(52)36(43)18-21-47(22-19-36)34(51)29(15-8-9-20-41)45-32(49)28(16-10-17-37(38,39)40)44-33(50)30(24-26-13-6-3-7-14-26)46-31(48)27(42)23-25-11-4-2-5-12-25/h2-7,11-14,27-30H,8-10,15-24,41-43H2,1H3,(H,44,50)(H,45,49)(H,46,48)/t27-,28?,29-,30-/m1/s1. The first-order valence-electron chi connectivity index (χ1n) is 17.8. The van der Waals surface area contributed by atoms with E-state index >= 15 is 0 Å². The Kier molecular flexibility index (Phi) is 16.7. The fourth-order valence-corrected chi connectivity index (χ4v) is 6.12. The van der Waals surface area contributed by atoms with Crippen molar-refractivity contribution in [2.24, 2.45) is 17.2 Å².